The van der Waals surface area contributed by atoms with Crippen molar-refractivity contribution < 1.29 is 9.18 Å². The Hall–Kier alpha value is -4.05. The first kappa shape index (κ1) is 23.4. The van der Waals surface area contributed by atoms with E-state index in [1.807, 2.05) is 17.9 Å². The maximum atomic E-state index is 13.6. The lowest BCUT2D eigenvalue weighted by Crippen LogP contribution is -2.38. The van der Waals surface area contributed by atoms with Gasteiger partial charge in [0.15, 0.2) is 0 Å². The number of nitrogens with zero attached hydrogens (tertiary/aromatic N) is 7. The van der Waals surface area contributed by atoms with E-state index in [-0.39, 0.29) is 11.8 Å². The first-order valence-corrected chi connectivity index (χ1v) is 12.7. The van der Waals surface area contributed by atoms with Gasteiger partial charge < -0.3 is 14.8 Å². The van der Waals surface area contributed by atoms with Crippen molar-refractivity contribution in [3.05, 3.63) is 66.1 Å². The summed E-state index contributed by atoms with van der Waals surface area (Å²) in [5.41, 5.74) is 5.29. The molecule has 9 nitrogen and oxygen atoms in total. The molecule has 37 heavy (non-hydrogen) atoms. The Morgan fingerprint density at radius 1 is 1.08 bits per heavy atom. The first-order valence-electron chi connectivity index (χ1n) is 12.7. The highest BCUT2D eigenvalue weighted by atomic mass is 19.1. The number of benzene rings is 2. The number of hydrogen-bond acceptors (Lipinski definition) is 5. The van der Waals surface area contributed by atoms with E-state index < -0.39 is 0 Å². The van der Waals surface area contributed by atoms with Crippen LogP contribution in [0.5, 0.6) is 0 Å². The maximum absolute atomic E-state index is 13.6. The summed E-state index contributed by atoms with van der Waals surface area (Å²) in [7, 11) is 0. The van der Waals surface area contributed by atoms with E-state index >= 15 is 0 Å². The smallest absolute Gasteiger partial charge is 0.317 e. The summed E-state index contributed by atoms with van der Waals surface area (Å²) in [4.78, 5) is 17.7. The van der Waals surface area contributed by atoms with Crippen LogP contribution in [0.3, 0.4) is 0 Å². The van der Waals surface area contributed by atoms with Crippen molar-refractivity contribution in [2.24, 2.45) is 0 Å². The van der Waals surface area contributed by atoms with E-state index in [1.54, 1.807) is 16.9 Å². The van der Waals surface area contributed by atoms with Gasteiger partial charge in [0.1, 0.15) is 5.82 Å². The van der Waals surface area contributed by atoms with Crippen LogP contribution >= 0.6 is 0 Å². The number of carbonyl (C=O) groups is 1. The lowest BCUT2D eigenvalue weighted by molar-refractivity contribution is 0.205. The number of rotatable bonds is 7. The maximum Gasteiger partial charge on any atom is 0.317 e. The number of amides is 2. The summed E-state index contributed by atoms with van der Waals surface area (Å²) in [6.45, 7) is 7.51. The van der Waals surface area contributed by atoms with Crippen LogP contribution in [0.25, 0.3) is 33.6 Å². The Morgan fingerprint density at radius 2 is 1.95 bits per heavy atom. The van der Waals surface area contributed by atoms with E-state index in [0.29, 0.717) is 12.4 Å². The lowest BCUT2D eigenvalue weighted by Gasteiger charge is -2.28. The molecule has 0 bridgehead atoms. The number of urea groups is 1. The van der Waals surface area contributed by atoms with Gasteiger partial charge in [-0.1, -0.05) is 6.08 Å². The van der Waals surface area contributed by atoms with Crippen LogP contribution in [0.2, 0.25) is 0 Å². The van der Waals surface area contributed by atoms with Gasteiger partial charge in [-0.2, -0.15) is 4.80 Å². The summed E-state index contributed by atoms with van der Waals surface area (Å²) in [5.74, 6) is 0.341. The highest BCUT2D eigenvalue weighted by Gasteiger charge is 2.22. The van der Waals surface area contributed by atoms with Gasteiger partial charge in [0.05, 0.1) is 12.1 Å². The van der Waals surface area contributed by atoms with Gasteiger partial charge in [-0.15, -0.1) is 10.2 Å². The quantitative estimate of drug-likeness (QED) is 0.420. The van der Waals surface area contributed by atoms with Crippen molar-refractivity contribution in [2.75, 3.05) is 39.3 Å². The average molecular weight is 501 g/mol. The monoisotopic (exact) mass is 500 g/mol. The van der Waals surface area contributed by atoms with Crippen molar-refractivity contribution in [1.29, 1.82) is 0 Å². The third kappa shape index (κ3) is 4.60. The molecule has 190 valence electrons. The highest BCUT2D eigenvalue weighted by molar-refractivity contribution is 5.96. The minimum atomic E-state index is -0.255. The van der Waals surface area contributed by atoms with Crippen LogP contribution in [-0.4, -0.2) is 79.9 Å². The molecule has 2 aromatic carbocycles. The Balaban J connectivity index is 1.33. The van der Waals surface area contributed by atoms with Crippen LogP contribution in [-0.2, 0) is 6.54 Å². The fraction of sp³-hybridized carbons (Fsp3) is 0.333. The normalized spacial score (nSPS) is 16.4. The number of carbonyl (C=O) groups excluding carboxylic acids is 1. The number of aromatic nitrogens is 5. The van der Waals surface area contributed by atoms with E-state index in [9.17, 15) is 9.18 Å². The van der Waals surface area contributed by atoms with Crippen LogP contribution in [0, 0.1) is 5.82 Å². The Labute approximate surface area is 214 Å². The van der Waals surface area contributed by atoms with Crippen LogP contribution in [0.15, 0.2) is 54.7 Å². The molecule has 1 saturated heterocycles. The molecule has 0 saturated carbocycles. The average Bonchev–Trinajstić information content (AvgIpc) is 3.66. The summed E-state index contributed by atoms with van der Waals surface area (Å²) >= 11 is 0. The topological polar surface area (TPSA) is 84.1 Å². The van der Waals surface area contributed by atoms with Gasteiger partial charge in [0, 0.05) is 67.7 Å². The van der Waals surface area contributed by atoms with E-state index in [0.717, 1.165) is 73.4 Å². The number of halogens is 1. The molecule has 0 spiro atoms. The van der Waals surface area contributed by atoms with Crippen molar-refractivity contribution in [3.63, 3.8) is 0 Å². The standard InChI is InChI=1S/C27H29FN8O/c1-2-36-31-26(30-32-36)20-3-8-25-23(17-20)24(18-35(25)22-6-4-21(28)5-7-22)19-9-12-33(13-10-19)15-16-34-14-11-29-27(34)37/h3-9,17-18H,2,10-16H2,1H3,(H,29,37). The predicted octanol–water partition coefficient (Wildman–Crippen LogP) is 3.56. The Kier molecular flexibility index (Phi) is 6.17. The van der Waals surface area contributed by atoms with Crippen molar-refractivity contribution in [1.82, 2.24) is 39.9 Å². The van der Waals surface area contributed by atoms with Gasteiger partial charge in [0.2, 0.25) is 5.82 Å². The van der Waals surface area contributed by atoms with Gasteiger partial charge in [-0.3, -0.25) is 4.90 Å². The second kappa shape index (κ2) is 9.78. The number of tetrazole rings is 1. The summed E-state index contributed by atoms with van der Waals surface area (Å²) in [6, 6.07) is 12.8. The van der Waals surface area contributed by atoms with Crippen molar-refractivity contribution in [2.45, 2.75) is 19.9 Å². The number of aryl methyl sites for hydroxylation is 1. The van der Waals surface area contributed by atoms with Gasteiger partial charge in [-0.25, -0.2) is 9.18 Å². The molecule has 0 radical (unpaired) electrons. The molecule has 2 aliphatic heterocycles. The predicted molar refractivity (Wildman–Crippen MR) is 140 cm³/mol. The van der Waals surface area contributed by atoms with Crippen LogP contribution in [0.4, 0.5) is 9.18 Å². The third-order valence-corrected chi connectivity index (χ3v) is 7.17. The highest BCUT2D eigenvalue weighted by Crippen LogP contribution is 2.35. The number of fused-ring (bicyclic) bond motifs is 1. The molecule has 6 rings (SSSR count). The molecule has 1 fully saturated rings. The molecule has 0 atom stereocenters. The SMILES string of the molecule is CCn1nnc(-c2ccc3c(c2)c(C2=CCN(CCN4CCNC4=O)CC2)cn3-c2ccc(F)cc2)n1. The zero-order valence-electron chi connectivity index (χ0n) is 20.8. The zero-order chi connectivity index (χ0) is 25.4. The minimum absolute atomic E-state index is 0.0334. The molecule has 1 N–H and O–H groups in total. The molecule has 0 aliphatic carbocycles. The fourth-order valence-electron chi connectivity index (χ4n) is 5.08. The Bertz CT molecular complexity index is 1470. The van der Waals surface area contributed by atoms with Gasteiger partial charge in [0.25, 0.3) is 0 Å². The fourth-order valence-corrected chi connectivity index (χ4v) is 5.08. The second-order valence-corrected chi connectivity index (χ2v) is 9.42. The molecule has 4 aromatic rings. The third-order valence-electron chi connectivity index (χ3n) is 7.17. The molecular weight excluding hydrogens is 471 g/mol. The molecule has 0 unspecified atom stereocenters. The molecule has 4 heterocycles. The van der Waals surface area contributed by atoms with E-state index in [4.69, 9.17) is 0 Å². The molecule has 2 amide bonds. The summed E-state index contributed by atoms with van der Waals surface area (Å²) < 4.78 is 15.7. The van der Waals surface area contributed by atoms with Gasteiger partial charge in [-0.05, 0) is 66.6 Å². The van der Waals surface area contributed by atoms with E-state index in [2.05, 4.69) is 54.6 Å². The zero-order valence-corrected chi connectivity index (χ0v) is 20.8. The van der Waals surface area contributed by atoms with Crippen molar-refractivity contribution in [3.8, 4) is 17.1 Å². The Morgan fingerprint density at radius 3 is 2.65 bits per heavy atom. The molecular formula is C27H29FN8O. The lowest BCUT2D eigenvalue weighted by atomic mass is 9.98. The van der Waals surface area contributed by atoms with Crippen molar-refractivity contribution >= 4 is 22.5 Å². The largest absolute Gasteiger partial charge is 0.336 e. The van der Waals surface area contributed by atoms with E-state index in [1.165, 1.54) is 17.7 Å². The van der Waals surface area contributed by atoms with Crippen LogP contribution < -0.4 is 5.32 Å². The number of hydrogen-bond donors (Lipinski definition) is 1. The number of nitrogens with one attached hydrogen (secondary N) is 1. The summed E-state index contributed by atoms with van der Waals surface area (Å²) in [6.07, 6.45) is 5.34. The summed E-state index contributed by atoms with van der Waals surface area (Å²) in [5, 5.41) is 16.8. The molecule has 10 heteroatoms. The van der Waals surface area contributed by atoms with Crippen LogP contribution in [0.1, 0.15) is 18.9 Å². The van der Waals surface area contributed by atoms with Gasteiger partial charge >= 0.3 is 6.03 Å². The molecule has 2 aromatic heterocycles. The minimum Gasteiger partial charge on any atom is -0.336 e. The second-order valence-electron chi connectivity index (χ2n) is 9.42. The first-order chi connectivity index (χ1) is 18.1. The molecule has 2 aliphatic rings.